The highest BCUT2D eigenvalue weighted by Crippen LogP contribution is 2.33. The summed E-state index contributed by atoms with van der Waals surface area (Å²) in [6.07, 6.45) is 2.70. The largest absolute Gasteiger partial charge is 0.425 e. The summed E-state index contributed by atoms with van der Waals surface area (Å²) >= 11 is 5.03. The molecule has 0 unspecified atom stereocenters. The van der Waals surface area contributed by atoms with Gasteiger partial charge >= 0.3 is 5.97 Å². The molecule has 4 aromatic rings. The van der Waals surface area contributed by atoms with Crippen LogP contribution < -0.4 is 4.74 Å². The maximum Gasteiger partial charge on any atom is 0.311 e. The number of carbonyl (C=O) groups is 1. The van der Waals surface area contributed by atoms with Crippen molar-refractivity contribution in [3.8, 4) is 5.75 Å². The smallest absolute Gasteiger partial charge is 0.311 e. The van der Waals surface area contributed by atoms with Crippen LogP contribution in [0.3, 0.4) is 0 Å². The second kappa shape index (κ2) is 8.12. The number of rotatable bonds is 5. The van der Waals surface area contributed by atoms with Crippen LogP contribution in [0.2, 0.25) is 0 Å². The van der Waals surface area contributed by atoms with Gasteiger partial charge < -0.3 is 4.74 Å². The first-order chi connectivity index (χ1) is 14.0. The minimum absolute atomic E-state index is 0.248. The Hall–Kier alpha value is -2.45. The number of aromatic nitrogens is 4. The van der Waals surface area contributed by atoms with Crippen LogP contribution in [0.15, 0.2) is 46.0 Å². The number of ether oxygens (including phenoxy) is 1. The summed E-state index contributed by atoms with van der Waals surface area (Å²) in [5.41, 5.74) is 2.79. The minimum Gasteiger partial charge on any atom is -0.425 e. The van der Waals surface area contributed by atoms with Crippen molar-refractivity contribution in [2.24, 2.45) is 0 Å². The first kappa shape index (κ1) is 19.8. The lowest BCUT2D eigenvalue weighted by atomic mass is 10.1. The molecule has 0 saturated carbocycles. The van der Waals surface area contributed by atoms with Crippen molar-refractivity contribution in [1.29, 1.82) is 0 Å². The van der Waals surface area contributed by atoms with Crippen LogP contribution in [0.25, 0.3) is 16.6 Å². The van der Waals surface area contributed by atoms with Crippen molar-refractivity contribution in [3.63, 3.8) is 0 Å². The maximum absolute atomic E-state index is 12.5. The Labute approximate surface area is 180 Å². The zero-order valence-corrected chi connectivity index (χ0v) is 18.7. The molecule has 2 aromatic heterocycles. The molecule has 0 saturated heterocycles. The molecule has 2 aromatic carbocycles. The predicted octanol–water partition coefficient (Wildman–Crippen LogP) is 4.92. The van der Waals surface area contributed by atoms with Gasteiger partial charge in [0, 0.05) is 11.4 Å². The fourth-order valence-electron chi connectivity index (χ4n) is 3.33. The summed E-state index contributed by atoms with van der Waals surface area (Å²) in [7, 11) is 0. The Bertz CT molecular complexity index is 1240. The molecule has 2 heterocycles. The van der Waals surface area contributed by atoms with Crippen molar-refractivity contribution in [3.05, 3.63) is 57.8 Å². The third kappa shape index (κ3) is 3.86. The van der Waals surface area contributed by atoms with Crippen LogP contribution in [0, 0.1) is 13.8 Å². The van der Waals surface area contributed by atoms with E-state index in [1.165, 1.54) is 11.8 Å². The van der Waals surface area contributed by atoms with Crippen molar-refractivity contribution in [2.75, 3.05) is 6.26 Å². The summed E-state index contributed by atoms with van der Waals surface area (Å²) in [5, 5.41) is 7.22. The number of thioether (sulfide) groups is 1. The number of esters is 1. The van der Waals surface area contributed by atoms with Crippen molar-refractivity contribution in [1.82, 2.24) is 19.6 Å². The number of carbonyl (C=O) groups excluding carboxylic acids is 1. The third-order valence-corrected chi connectivity index (χ3v) is 6.20. The van der Waals surface area contributed by atoms with E-state index in [-0.39, 0.29) is 12.4 Å². The van der Waals surface area contributed by atoms with Gasteiger partial charge in [-0.1, -0.05) is 42.1 Å². The van der Waals surface area contributed by atoms with Crippen LogP contribution in [-0.4, -0.2) is 31.8 Å². The van der Waals surface area contributed by atoms with Crippen LogP contribution >= 0.6 is 27.7 Å². The van der Waals surface area contributed by atoms with Gasteiger partial charge in [0.2, 0.25) is 5.16 Å². The number of fused-ring (bicyclic) bond motifs is 2. The summed E-state index contributed by atoms with van der Waals surface area (Å²) in [4.78, 5) is 21.4. The third-order valence-electron chi connectivity index (χ3n) is 4.84. The van der Waals surface area contributed by atoms with Crippen LogP contribution in [-0.2, 0) is 11.2 Å². The lowest BCUT2D eigenvalue weighted by Gasteiger charge is -2.11. The van der Waals surface area contributed by atoms with Crippen LogP contribution in [0.1, 0.15) is 23.4 Å². The number of benzene rings is 2. The van der Waals surface area contributed by atoms with E-state index < -0.39 is 0 Å². The molecule has 0 aliphatic rings. The van der Waals surface area contributed by atoms with Gasteiger partial charge in [-0.3, -0.25) is 4.79 Å². The van der Waals surface area contributed by atoms with Gasteiger partial charge in [0.15, 0.2) is 0 Å². The molecule has 148 valence electrons. The highest BCUT2D eigenvalue weighted by atomic mass is 79.9. The van der Waals surface area contributed by atoms with Gasteiger partial charge in [-0.15, -0.1) is 5.10 Å². The Kier molecular flexibility index (Phi) is 5.56. The molecule has 4 rings (SSSR count). The van der Waals surface area contributed by atoms with Crippen molar-refractivity contribution in [2.45, 2.75) is 31.8 Å². The Morgan fingerprint density at radius 1 is 1.17 bits per heavy atom. The van der Waals surface area contributed by atoms with E-state index in [9.17, 15) is 4.79 Å². The molecular weight excluding hydrogens is 452 g/mol. The van der Waals surface area contributed by atoms with Gasteiger partial charge in [0.05, 0.1) is 10.9 Å². The average Bonchev–Trinajstić information content (AvgIpc) is 3.13. The van der Waals surface area contributed by atoms with E-state index >= 15 is 0 Å². The topological polar surface area (TPSA) is 69.4 Å². The highest BCUT2D eigenvalue weighted by Gasteiger charge is 2.16. The van der Waals surface area contributed by atoms with Gasteiger partial charge in [-0.05, 0) is 64.9 Å². The van der Waals surface area contributed by atoms with Crippen LogP contribution in [0.4, 0.5) is 0 Å². The Morgan fingerprint density at radius 2 is 1.97 bits per heavy atom. The van der Waals surface area contributed by atoms with Gasteiger partial charge in [0.1, 0.15) is 5.75 Å². The monoisotopic (exact) mass is 470 g/mol. The van der Waals surface area contributed by atoms with Crippen molar-refractivity contribution >= 4 is 50.2 Å². The Balaban J connectivity index is 1.52. The molecule has 0 radical (unpaired) electrons. The lowest BCUT2D eigenvalue weighted by molar-refractivity contribution is -0.134. The molecule has 0 aliphatic heterocycles. The average molecular weight is 471 g/mol. The molecule has 29 heavy (non-hydrogen) atoms. The van der Waals surface area contributed by atoms with E-state index in [1.54, 1.807) is 4.52 Å². The molecule has 0 spiro atoms. The Morgan fingerprint density at radius 3 is 2.76 bits per heavy atom. The zero-order valence-electron chi connectivity index (χ0n) is 16.3. The van der Waals surface area contributed by atoms with E-state index in [2.05, 4.69) is 31.0 Å². The molecule has 8 heteroatoms. The minimum atomic E-state index is -0.289. The first-order valence-corrected chi connectivity index (χ1v) is 11.1. The first-order valence-electron chi connectivity index (χ1n) is 9.12. The normalized spacial score (nSPS) is 11.3. The molecule has 0 atom stereocenters. The number of aryl methyl sites for hydroxylation is 2. The molecule has 0 N–H and O–H groups in total. The second-order valence-corrected chi connectivity index (χ2v) is 8.21. The SMILES string of the molecule is CSc1nc2nc(C)c(CCC(=O)Oc3ccc4ccccc4c3Br)c(C)n2n1. The molecule has 6 nitrogen and oxygen atoms in total. The molecular formula is C21H19BrN4O2S. The number of hydrogen-bond acceptors (Lipinski definition) is 6. The van der Waals surface area contributed by atoms with Gasteiger partial charge in [0.25, 0.3) is 5.78 Å². The molecule has 0 aliphatic carbocycles. The number of nitrogens with zero attached hydrogens (tertiary/aromatic N) is 4. The maximum atomic E-state index is 12.5. The number of hydrogen-bond donors (Lipinski definition) is 0. The standard InChI is InChI=1S/C21H19BrN4O2S/c1-12-15(13(2)26-20(23-12)24-21(25-26)29-3)9-11-18(27)28-17-10-8-14-6-4-5-7-16(14)19(17)22/h4-8,10H,9,11H2,1-3H3. The zero-order chi connectivity index (χ0) is 20.5. The second-order valence-electron chi connectivity index (χ2n) is 6.64. The van der Waals surface area contributed by atoms with Crippen molar-refractivity contribution < 1.29 is 9.53 Å². The van der Waals surface area contributed by atoms with Crippen LogP contribution in [0.5, 0.6) is 5.75 Å². The van der Waals surface area contributed by atoms with E-state index in [0.29, 0.717) is 23.1 Å². The highest BCUT2D eigenvalue weighted by molar-refractivity contribution is 9.10. The fraction of sp³-hybridized carbons (Fsp3) is 0.238. The van der Waals surface area contributed by atoms with E-state index in [1.807, 2.05) is 56.5 Å². The van der Waals surface area contributed by atoms with E-state index in [0.717, 1.165) is 32.2 Å². The molecule has 0 amide bonds. The lowest BCUT2D eigenvalue weighted by Crippen LogP contribution is -2.12. The van der Waals surface area contributed by atoms with Gasteiger partial charge in [-0.25, -0.2) is 9.50 Å². The summed E-state index contributed by atoms with van der Waals surface area (Å²) in [5.74, 6) is 0.815. The van der Waals surface area contributed by atoms with Gasteiger partial charge in [-0.2, -0.15) is 4.98 Å². The molecule has 0 fully saturated rings. The summed E-state index contributed by atoms with van der Waals surface area (Å²) in [6.45, 7) is 3.90. The molecule has 0 bridgehead atoms. The summed E-state index contributed by atoms with van der Waals surface area (Å²) < 4.78 is 8.14. The van der Waals surface area contributed by atoms with E-state index in [4.69, 9.17) is 4.74 Å². The predicted molar refractivity (Wildman–Crippen MR) is 118 cm³/mol. The summed E-state index contributed by atoms with van der Waals surface area (Å²) in [6, 6.07) is 11.7. The fourth-order valence-corrected chi connectivity index (χ4v) is 4.24. The quantitative estimate of drug-likeness (QED) is 0.234. The number of halogens is 1.